The van der Waals surface area contributed by atoms with Crippen LogP contribution in [0.5, 0.6) is 17.2 Å². The van der Waals surface area contributed by atoms with Crippen molar-refractivity contribution in [3.05, 3.63) is 75.5 Å². The van der Waals surface area contributed by atoms with Gasteiger partial charge in [0.05, 0.1) is 22.5 Å². The smallest absolute Gasteiger partial charge is 0.254 e. The van der Waals surface area contributed by atoms with E-state index >= 15 is 4.39 Å². The minimum Gasteiger partial charge on any atom is -0.488 e. The molecule has 0 bridgehead atoms. The Morgan fingerprint density at radius 1 is 1.19 bits per heavy atom. The Bertz CT molecular complexity index is 1470. The summed E-state index contributed by atoms with van der Waals surface area (Å²) in [6.45, 7) is 10.9. The number of halogens is 2. The SMILES string of the molecule is [C-]#[N+]c1c(-c2ccc(Oc3cc(F)cc(OCc4cnc(C)s4)c3)c(F)c2)nn(C2CCOCC2)c1N. The molecule has 1 fully saturated rings. The first-order valence-corrected chi connectivity index (χ1v) is 12.4. The van der Waals surface area contributed by atoms with E-state index in [2.05, 4.69) is 14.9 Å². The van der Waals surface area contributed by atoms with Crippen molar-refractivity contribution in [2.45, 2.75) is 32.4 Å². The van der Waals surface area contributed by atoms with Crippen LogP contribution in [0.1, 0.15) is 28.8 Å². The van der Waals surface area contributed by atoms with Crippen LogP contribution in [-0.4, -0.2) is 28.0 Å². The molecule has 3 heterocycles. The first-order chi connectivity index (χ1) is 17.9. The van der Waals surface area contributed by atoms with E-state index in [-0.39, 0.29) is 41.4 Å². The van der Waals surface area contributed by atoms with Gasteiger partial charge < -0.3 is 19.9 Å². The summed E-state index contributed by atoms with van der Waals surface area (Å²) in [7, 11) is 0. The number of rotatable bonds is 7. The van der Waals surface area contributed by atoms with Crippen molar-refractivity contribution in [1.29, 1.82) is 0 Å². The van der Waals surface area contributed by atoms with Crippen LogP contribution in [0.4, 0.5) is 20.3 Å². The zero-order valence-electron chi connectivity index (χ0n) is 19.9. The third kappa shape index (κ3) is 5.40. The molecule has 1 aliphatic rings. The number of anilines is 1. The number of nitrogens with two attached hydrogens (primary N) is 1. The molecule has 11 heteroatoms. The third-order valence-electron chi connectivity index (χ3n) is 5.90. The number of ether oxygens (including phenoxy) is 3. The second-order valence-corrected chi connectivity index (χ2v) is 9.81. The van der Waals surface area contributed by atoms with E-state index in [9.17, 15) is 4.39 Å². The van der Waals surface area contributed by atoms with Gasteiger partial charge in [0.2, 0.25) is 0 Å². The predicted molar refractivity (Wildman–Crippen MR) is 135 cm³/mol. The van der Waals surface area contributed by atoms with Gasteiger partial charge in [0.15, 0.2) is 11.6 Å². The quantitative estimate of drug-likeness (QED) is 0.280. The monoisotopic (exact) mass is 523 g/mol. The Balaban J connectivity index is 1.36. The maximum atomic E-state index is 15.1. The second kappa shape index (κ2) is 10.5. The van der Waals surface area contributed by atoms with Crippen LogP contribution in [0.2, 0.25) is 0 Å². The summed E-state index contributed by atoms with van der Waals surface area (Å²) in [5, 5.41) is 5.45. The van der Waals surface area contributed by atoms with Gasteiger partial charge in [0.25, 0.3) is 5.69 Å². The molecule has 8 nitrogen and oxygen atoms in total. The number of thiazole rings is 1. The van der Waals surface area contributed by atoms with E-state index in [1.54, 1.807) is 16.9 Å². The maximum absolute atomic E-state index is 15.1. The molecule has 0 aliphatic carbocycles. The van der Waals surface area contributed by atoms with E-state index in [4.69, 9.17) is 26.5 Å². The predicted octanol–water partition coefficient (Wildman–Crippen LogP) is 6.45. The number of benzene rings is 2. The van der Waals surface area contributed by atoms with Crippen LogP contribution in [0.3, 0.4) is 0 Å². The van der Waals surface area contributed by atoms with Gasteiger partial charge in [-0.1, -0.05) is 6.07 Å². The summed E-state index contributed by atoms with van der Waals surface area (Å²) in [5.74, 6) is -0.816. The fourth-order valence-electron chi connectivity index (χ4n) is 4.12. The van der Waals surface area contributed by atoms with Crippen LogP contribution in [0.25, 0.3) is 16.1 Å². The summed E-state index contributed by atoms with van der Waals surface area (Å²) in [6.07, 6.45) is 3.16. The molecule has 5 rings (SSSR count). The van der Waals surface area contributed by atoms with E-state index in [1.807, 2.05) is 6.92 Å². The Hall–Kier alpha value is -4.01. The first-order valence-electron chi connectivity index (χ1n) is 11.6. The topological polar surface area (TPSA) is 88.8 Å². The Morgan fingerprint density at radius 3 is 2.68 bits per heavy atom. The third-order valence-corrected chi connectivity index (χ3v) is 6.78. The van der Waals surface area contributed by atoms with Crippen molar-refractivity contribution in [2.75, 3.05) is 18.9 Å². The highest BCUT2D eigenvalue weighted by Gasteiger charge is 2.25. The van der Waals surface area contributed by atoms with Crippen molar-refractivity contribution in [2.24, 2.45) is 0 Å². The lowest BCUT2D eigenvalue weighted by Gasteiger charge is -2.23. The van der Waals surface area contributed by atoms with E-state index in [0.717, 1.165) is 28.8 Å². The molecule has 0 atom stereocenters. The standard InChI is InChI=1S/C26H23F2N5O3S/c1-15-31-13-21(37-15)14-35-19-10-17(27)11-20(12-19)36-23-4-3-16(9-22(23)28)24-25(30-2)26(29)33(32-24)18-5-7-34-8-6-18/h3-4,9-13,18H,5-8,14,29H2,1H3. The summed E-state index contributed by atoms with van der Waals surface area (Å²) in [4.78, 5) is 8.60. The normalized spacial score (nSPS) is 13.9. The zero-order chi connectivity index (χ0) is 25.9. The van der Waals surface area contributed by atoms with Gasteiger partial charge in [0, 0.05) is 37.6 Å². The molecule has 1 aliphatic heterocycles. The van der Waals surface area contributed by atoms with Crippen molar-refractivity contribution in [1.82, 2.24) is 14.8 Å². The fourth-order valence-corrected chi connectivity index (χ4v) is 4.82. The molecule has 190 valence electrons. The number of nitrogens with zero attached hydrogens (tertiary/aromatic N) is 4. The maximum Gasteiger partial charge on any atom is 0.254 e. The highest BCUT2D eigenvalue weighted by molar-refractivity contribution is 7.11. The van der Waals surface area contributed by atoms with Crippen LogP contribution in [-0.2, 0) is 11.3 Å². The Kier molecular flexibility index (Phi) is 7.03. The van der Waals surface area contributed by atoms with Crippen LogP contribution >= 0.6 is 11.3 Å². The molecule has 0 amide bonds. The Labute approximate surface area is 216 Å². The number of aryl methyl sites for hydroxylation is 1. The highest BCUT2D eigenvalue weighted by Crippen LogP contribution is 2.39. The van der Waals surface area contributed by atoms with E-state index in [0.29, 0.717) is 24.5 Å². The summed E-state index contributed by atoms with van der Waals surface area (Å²) in [5.41, 5.74) is 7.07. The molecule has 0 unspecified atom stereocenters. The van der Waals surface area contributed by atoms with Crippen LogP contribution < -0.4 is 15.2 Å². The average Bonchev–Trinajstić information content (AvgIpc) is 3.46. The molecule has 0 saturated carbocycles. The summed E-state index contributed by atoms with van der Waals surface area (Å²) in [6, 6.07) is 8.09. The van der Waals surface area contributed by atoms with Gasteiger partial charge in [-0.05, 0) is 37.5 Å². The number of hydrogen-bond donors (Lipinski definition) is 1. The fraction of sp³-hybridized carbons (Fsp3) is 0.269. The number of nitrogen functional groups attached to an aromatic ring is 1. The lowest BCUT2D eigenvalue weighted by Crippen LogP contribution is -2.21. The first kappa shape index (κ1) is 24.7. The molecule has 2 N–H and O–H groups in total. The van der Waals surface area contributed by atoms with Crippen molar-refractivity contribution in [3.8, 4) is 28.5 Å². The molecular formula is C26H23F2N5O3S. The van der Waals surface area contributed by atoms with Crippen molar-refractivity contribution < 1.29 is 23.0 Å². The van der Waals surface area contributed by atoms with Crippen molar-refractivity contribution >= 4 is 22.8 Å². The average molecular weight is 524 g/mol. The molecule has 2 aromatic heterocycles. The lowest BCUT2D eigenvalue weighted by atomic mass is 10.1. The number of aromatic nitrogens is 3. The summed E-state index contributed by atoms with van der Waals surface area (Å²) >= 11 is 1.48. The molecule has 0 spiro atoms. The minimum atomic E-state index is -0.695. The minimum absolute atomic E-state index is 0.0138. The largest absolute Gasteiger partial charge is 0.488 e. The molecule has 4 aromatic rings. The Morgan fingerprint density at radius 2 is 1.97 bits per heavy atom. The lowest BCUT2D eigenvalue weighted by molar-refractivity contribution is 0.0669. The highest BCUT2D eigenvalue weighted by atomic mass is 32.1. The van der Waals surface area contributed by atoms with Gasteiger partial charge in [-0.15, -0.1) is 11.3 Å². The molecule has 0 radical (unpaired) electrons. The summed E-state index contributed by atoms with van der Waals surface area (Å²) < 4.78 is 47.6. The van der Waals surface area contributed by atoms with Gasteiger partial charge in [-0.2, -0.15) is 5.10 Å². The second-order valence-electron chi connectivity index (χ2n) is 8.49. The number of hydrogen-bond acceptors (Lipinski definition) is 7. The van der Waals surface area contributed by atoms with Gasteiger partial charge in [-0.3, -0.25) is 4.68 Å². The molecular weight excluding hydrogens is 500 g/mol. The van der Waals surface area contributed by atoms with E-state index < -0.39 is 11.6 Å². The van der Waals surface area contributed by atoms with E-state index in [1.165, 1.54) is 35.6 Å². The van der Waals surface area contributed by atoms with Gasteiger partial charge in [0.1, 0.15) is 35.4 Å². The van der Waals surface area contributed by atoms with Crippen molar-refractivity contribution in [3.63, 3.8) is 0 Å². The zero-order valence-corrected chi connectivity index (χ0v) is 20.7. The van der Waals surface area contributed by atoms with Crippen LogP contribution in [0, 0.1) is 25.1 Å². The van der Waals surface area contributed by atoms with Crippen LogP contribution in [0.15, 0.2) is 42.6 Å². The molecule has 2 aromatic carbocycles. The molecule has 37 heavy (non-hydrogen) atoms. The van der Waals surface area contributed by atoms with Gasteiger partial charge in [-0.25, -0.2) is 18.6 Å². The molecule has 1 saturated heterocycles. The van der Waals surface area contributed by atoms with Gasteiger partial charge >= 0.3 is 0 Å².